The number of ether oxygens (including phenoxy) is 3. The Bertz CT molecular complexity index is 870. The van der Waals surface area contributed by atoms with E-state index in [1.807, 2.05) is 25.1 Å². The van der Waals surface area contributed by atoms with Gasteiger partial charge in [0.05, 0.1) is 27.0 Å². The average Bonchev–Trinajstić information content (AvgIpc) is 2.68. The van der Waals surface area contributed by atoms with Gasteiger partial charge in [-0.1, -0.05) is 11.6 Å². The summed E-state index contributed by atoms with van der Waals surface area (Å²) in [6.07, 6.45) is 0.750. The van der Waals surface area contributed by atoms with Crippen LogP contribution in [0.5, 0.6) is 17.2 Å². The molecule has 1 aliphatic heterocycles. The summed E-state index contributed by atoms with van der Waals surface area (Å²) in [7, 11) is 4.77. The third-order valence-corrected chi connectivity index (χ3v) is 5.13. The predicted molar refractivity (Wildman–Crippen MR) is 105 cm³/mol. The van der Waals surface area contributed by atoms with Gasteiger partial charge in [0.1, 0.15) is 5.75 Å². The van der Waals surface area contributed by atoms with Gasteiger partial charge in [-0.15, -0.1) is 0 Å². The Morgan fingerprint density at radius 1 is 1.00 bits per heavy atom. The predicted octanol–water partition coefficient (Wildman–Crippen LogP) is 4.26. The molecule has 27 heavy (non-hydrogen) atoms. The Balaban J connectivity index is 1.79. The highest BCUT2D eigenvalue weighted by molar-refractivity contribution is 6.31. The second-order valence-electron chi connectivity index (χ2n) is 6.38. The summed E-state index contributed by atoms with van der Waals surface area (Å²) in [5.74, 6) is 1.90. The van der Waals surface area contributed by atoms with Crippen molar-refractivity contribution >= 4 is 23.3 Å². The number of benzene rings is 2. The van der Waals surface area contributed by atoms with E-state index in [0.29, 0.717) is 41.0 Å². The summed E-state index contributed by atoms with van der Waals surface area (Å²) in [5, 5.41) is 3.52. The molecule has 0 aliphatic carbocycles. The molecule has 0 atom stereocenters. The molecule has 0 saturated carbocycles. The quantitative estimate of drug-likeness (QED) is 0.847. The van der Waals surface area contributed by atoms with E-state index < -0.39 is 0 Å². The van der Waals surface area contributed by atoms with Crippen LogP contribution in [0, 0.1) is 6.92 Å². The van der Waals surface area contributed by atoms with E-state index >= 15 is 0 Å². The molecular weight excluding hydrogens is 368 g/mol. The van der Waals surface area contributed by atoms with E-state index in [0.717, 1.165) is 23.1 Å². The third-order valence-electron chi connectivity index (χ3n) is 4.73. The second-order valence-corrected chi connectivity index (χ2v) is 6.79. The molecule has 1 heterocycles. The number of amides is 2. The number of aryl methyl sites for hydroxylation is 1. The lowest BCUT2D eigenvalue weighted by atomic mass is 9.99. The molecule has 2 aromatic rings. The van der Waals surface area contributed by atoms with E-state index in [-0.39, 0.29) is 6.03 Å². The summed E-state index contributed by atoms with van der Waals surface area (Å²) in [6, 6.07) is 7.24. The number of nitrogens with one attached hydrogen (secondary N) is 1. The molecule has 0 radical (unpaired) electrons. The molecule has 0 fully saturated rings. The van der Waals surface area contributed by atoms with Crippen molar-refractivity contribution in [2.24, 2.45) is 0 Å². The zero-order chi connectivity index (χ0) is 19.6. The Morgan fingerprint density at radius 3 is 2.26 bits per heavy atom. The van der Waals surface area contributed by atoms with Crippen molar-refractivity contribution in [1.82, 2.24) is 4.90 Å². The first kappa shape index (κ1) is 19.2. The number of carbonyl (C=O) groups is 1. The fourth-order valence-electron chi connectivity index (χ4n) is 3.18. The number of hydrogen-bond acceptors (Lipinski definition) is 4. The number of urea groups is 1. The van der Waals surface area contributed by atoms with Crippen LogP contribution in [0.25, 0.3) is 0 Å². The lowest BCUT2D eigenvalue weighted by Crippen LogP contribution is -2.39. The van der Waals surface area contributed by atoms with Crippen molar-refractivity contribution < 1.29 is 19.0 Å². The largest absolute Gasteiger partial charge is 0.495 e. The van der Waals surface area contributed by atoms with Crippen LogP contribution in [0.4, 0.5) is 10.5 Å². The molecule has 7 heteroatoms. The summed E-state index contributed by atoms with van der Waals surface area (Å²) in [4.78, 5) is 14.6. The minimum absolute atomic E-state index is 0.185. The topological polar surface area (TPSA) is 60.0 Å². The van der Waals surface area contributed by atoms with Crippen molar-refractivity contribution in [2.45, 2.75) is 19.9 Å². The van der Waals surface area contributed by atoms with E-state index in [1.54, 1.807) is 32.3 Å². The molecular formula is C20H23ClN2O4. The molecule has 3 rings (SSSR count). The van der Waals surface area contributed by atoms with E-state index in [4.69, 9.17) is 25.8 Å². The minimum Gasteiger partial charge on any atom is -0.495 e. The third kappa shape index (κ3) is 3.90. The maximum absolute atomic E-state index is 12.8. The van der Waals surface area contributed by atoms with Gasteiger partial charge >= 0.3 is 6.03 Å². The van der Waals surface area contributed by atoms with Gasteiger partial charge in [-0.2, -0.15) is 0 Å². The molecule has 0 spiro atoms. The zero-order valence-corrected chi connectivity index (χ0v) is 16.6. The zero-order valence-electron chi connectivity index (χ0n) is 15.9. The molecule has 1 N–H and O–H groups in total. The molecule has 1 aliphatic rings. The summed E-state index contributed by atoms with van der Waals surface area (Å²) < 4.78 is 16.1. The highest BCUT2D eigenvalue weighted by Crippen LogP contribution is 2.34. The smallest absolute Gasteiger partial charge is 0.322 e. The Kier molecular flexibility index (Phi) is 5.65. The highest BCUT2D eigenvalue weighted by atomic mass is 35.5. The van der Waals surface area contributed by atoms with Gasteiger partial charge in [0.15, 0.2) is 11.5 Å². The van der Waals surface area contributed by atoms with Gasteiger partial charge < -0.3 is 24.4 Å². The number of anilines is 1. The average molecular weight is 391 g/mol. The van der Waals surface area contributed by atoms with Crippen molar-refractivity contribution in [1.29, 1.82) is 0 Å². The number of fused-ring (bicyclic) bond motifs is 1. The summed E-state index contributed by atoms with van der Waals surface area (Å²) in [5.41, 5.74) is 3.68. The summed E-state index contributed by atoms with van der Waals surface area (Å²) >= 11 is 6.13. The van der Waals surface area contributed by atoms with Crippen LogP contribution >= 0.6 is 11.6 Å². The summed E-state index contributed by atoms with van der Waals surface area (Å²) in [6.45, 7) is 2.99. The first-order chi connectivity index (χ1) is 13.0. The SMILES string of the molecule is COc1cc(Cl)c(C)cc1NC(=O)N1CCc2cc(OC)c(OC)cc2C1. The molecule has 0 aromatic heterocycles. The number of carbonyl (C=O) groups excluding carboxylic acids is 1. The lowest BCUT2D eigenvalue weighted by molar-refractivity contribution is 0.206. The van der Waals surface area contributed by atoms with Gasteiger partial charge in [-0.05, 0) is 48.2 Å². The molecule has 2 aromatic carbocycles. The fourth-order valence-corrected chi connectivity index (χ4v) is 3.33. The van der Waals surface area contributed by atoms with Crippen LogP contribution < -0.4 is 19.5 Å². The van der Waals surface area contributed by atoms with Crippen LogP contribution in [-0.2, 0) is 13.0 Å². The molecule has 144 valence electrons. The Labute approximate surface area is 164 Å². The molecule has 0 bridgehead atoms. The lowest BCUT2D eigenvalue weighted by Gasteiger charge is -2.30. The van der Waals surface area contributed by atoms with E-state index in [1.165, 1.54) is 0 Å². The number of hydrogen-bond donors (Lipinski definition) is 1. The fraction of sp³-hybridized carbons (Fsp3) is 0.350. The standard InChI is InChI=1S/C20H23ClN2O4/c1-12-7-16(17(25-2)10-15(12)21)22-20(24)23-6-5-13-8-18(26-3)19(27-4)9-14(13)11-23/h7-10H,5-6,11H2,1-4H3,(H,22,24). The monoisotopic (exact) mass is 390 g/mol. The molecule has 0 saturated heterocycles. The Hall–Kier alpha value is -2.60. The second kappa shape index (κ2) is 7.96. The first-order valence-corrected chi connectivity index (χ1v) is 8.98. The van der Waals surface area contributed by atoms with Crippen molar-refractivity contribution in [2.75, 3.05) is 33.2 Å². The van der Waals surface area contributed by atoms with Crippen LogP contribution in [0.2, 0.25) is 5.02 Å². The van der Waals surface area contributed by atoms with Crippen molar-refractivity contribution in [3.63, 3.8) is 0 Å². The number of halogens is 1. The van der Waals surface area contributed by atoms with Gasteiger partial charge in [0, 0.05) is 24.2 Å². The van der Waals surface area contributed by atoms with Crippen molar-refractivity contribution in [3.05, 3.63) is 46.0 Å². The van der Waals surface area contributed by atoms with Crippen LogP contribution in [-0.4, -0.2) is 38.8 Å². The van der Waals surface area contributed by atoms with Crippen molar-refractivity contribution in [3.8, 4) is 17.2 Å². The van der Waals surface area contributed by atoms with Gasteiger partial charge in [0.25, 0.3) is 0 Å². The number of rotatable bonds is 4. The normalized spacial score (nSPS) is 13.0. The Morgan fingerprint density at radius 2 is 1.63 bits per heavy atom. The maximum atomic E-state index is 12.8. The highest BCUT2D eigenvalue weighted by Gasteiger charge is 2.23. The molecule has 6 nitrogen and oxygen atoms in total. The van der Waals surface area contributed by atoms with Crippen LogP contribution in [0.1, 0.15) is 16.7 Å². The van der Waals surface area contributed by atoms with Gasteiger partial charge in [-0.25, -0.2) is 4.79 Å². The number of nitrogens with zero attached hydrogens (tertiary/aromatic N) is 1. The van der Waals surface area contributed by atoms with Gasteiger partial charge in [-0.3, -0.25) is 0 Å². The van der Waals surface area contributed by atoms with Crippen LogP contribution in [0.15, 0.2) is 24.3 Å². The maximum Gasteiger partial charge on any atom is 0.322 e. The van der Waals surface area contributed by atoms with Crippen LogP contribution in [0.3, 0.4) is 0 Å². The van der Waals surface area contributed by atoms with E-state index in [2.05, 4.69) is 5.32 Å². The first-order valence-electron chi connectivity index (χ1n) is 8.60. The molecule has 2 amide bonds. The minimum atomic E-state index is -0.185. The van der Waals surface area contributed by atoms with E-state index in [9.17, 15) is 4.79 Å². The molecule has 0 unspecified atom stereocenters. The number of methoxy groups -OCH3 is 3. The van der Waals surface area contributed by atoms with Gasteiger partial charge in [0.2, 0.25) is 0 Å².